The average Bonchev–Trinajstić information content (AvgIpc) is 2.92. The van der Waals surface area contributed by atoms with Gasteiger partial charge in [-0.05, 0) is 37.3 Å². The van der Waals surface area contributed by atoms with Gasteiger partial charge in [-0.15, -0.1) is 0 Å². The van der Waals surface area contributed by atoms with Crippen LogP contribution in [-0.4, -0.2) is 59.5 Å². The summed E-state index contributed by atoms with van der Waals surface area (Å²) >= 11 is 0. The average molecular weight is 405 g/mol. The van der Waals surface area contributed by atoms with Gasteiger partial charge in [-0.25, -0.2) is 12.7 Å². The molecule has 1 saturated heterocycles. The number of rotatable bonds is 6. The van der Waals surface area contributed by atoms with Crippen LogP contribution >= 0.6 is 0 Å². The molecule has 0 saturated carbocycles. The van der Waals surface area contributed by atoms with Gasteiger partial charge in [-0.1, -0.05) is 30.3 Å². The Labute approximate surface area is 167 Å². The monoisotopic (exact) mass is 404 g/mol. The molecule has 0 bridgehead atoms. The number of nitrogens with zero attached hydrogens (tertiary/aromatic N) is 4. The molecule has 1 aliphatic rings. The summed E-state index contributed by atoms with van der Waals surface area (Å²) in [5.41, 5.74) is 1.81. The van der Waals surface area contributed by atoms with Gasteiger partial charge in [0.25, 0.3) is 0 Å². The summed E-state index contributed by atoms with van der Waals surface area (Å²) in [7, 11) is -1.74. The van der Waals surface area contributed by atoms with E-state index in [1.165, 1.54) is 4.31 Å². The van der Waals surface area contributed by atoms with Crippen molar-refractivity contribution in [3.63, 3.8) is 0 Å². The smallest absolute Gasteiger partial charge is 0.244 e. The summed E-state index contributed by atoms with van der Waals surface area (Å²) in [6.07, 6.45) is 5.78. The Morgan fingerprint density at radius 1 is 1.21 bits per heavy atom. The van der Waals surface area contributed by atoms with Crippen molar-refractivity contribution >= 4 is 15.9 Å². The lowest BCUT2D eigenvalue weighted by Gasteiger charge is -2.27. The molecule has 1 aliphatic heterocycles. The first-order valence-electron chi connectivity index (χ1n) is 9.61. The lowest BCUT2D eigenvalue weighted by atomic mass is 10.1. The summed E-state index contributed by atoms with van der Waals surface area (Å²) < 4.78 is 28.8. The molecule has 1 atom stereocenters. The second-order valence-corrected chi connectivity index (χ2v) is 9.47. The van der Waals surface area contributed by atoms with Gasteiger partial charge in [0.2, 0.25) is 15.9 Å². The van der Waals surface area contributed by atoms with E-state index in [0.29, 0.717) is 19.5 Å². The molecular formula is C20H28N4O3S. The predicted octanol–water partition coefficient (Wildman–Crippen LogP) is 2.03. The van der Waals surface area contributed by atoms with E-state index in [-0.39, 0.29) is 24.2 Å². The van der Waals surface area contributed by atoms with E-state index in [1.54, 1.807) is 17.9 Å². The molecule has 1 amide bonds. The highest BCUT2D eigenvalue weighted by Crippen LogP contribution is 2.21. The quantitative estimate of drug-likeness (QED) is 0.738. The van der Waals surface area contributed by atoms with Crippen molar-refractivity contribution in [3.8, 4) is 0 Å². The highest BCUT2D eigenvalue weighted by molar-refractivity contribution is 7.88. The first-order chi connectivity index (χ1) is 13.3. The SMILES string of the molecule is Cc1cnn(CC(=O)N2CCC[C@@H](N(C)S(=O)(=O)Cc3ccccc3)CC2)c1. The summed E-state index contributed by atoms with van der Waals surface area (Å²) in [5, 5.41) is 4.17. The molecule has 0 aliphatic carbocycles. The molecule has 2 aromatic rings. The van der Waals surface area contributed by atoms with Crippen molar-refractivity contribution < 1.29 is 13.2 Å². The van der Waals surface area contributed by atoms with E-state index in [9.17, 15) is 13.2 Å². The van der Waals surface area contributed by atoms with Gasteiger partial charge in [0.1, 0.15) is 6.54 Å². The van der Waals surface area contributed by atoms with Crippen LogP contribution in [0, 0.1) is 6.92 Å². The van der Waals surface area contributed by atoms with Crippen LogP contribution in [0.15, 0.2) is 42.7 Å². The van der Waals surface area contributed by atoms with Crippen LogP contribution in [0.25, 0.3) is 0 Å². The summed E-state index contributed by atoms with van der Waals surface area (Å²) in [5.74, 6) is 0.0285. The Bertz CT molecular complexity index is 895. The van der Waals surface area contributed by atoms with Gasteiger partial charge < -0.3 is 4.90 Å². The summed E-state index contributed by atoms with van der Waals surface area (Å²) in [6.45, 7) is 3.38. The third-order valence-electron chi connectivity index (χ3n) is 5.25. The number of hydrogen-bond acceptors (Lipinski definition) is 4. The zero-order valence-corrected chi connectivity index (χ0v) is 17.3. The van der Waals surface area contributed by atoms with Crippen LogP contribution in [0.5, 0.6) is 0 Å². The molecule has 0 N–H and O–H groups in total. The third-order valence-corrected chi connectivity index (χ3v) is 7.13. The summed E-state index contributed by atoms with van der Waals surface area (Å²) in [4.78, 5) is 14.4. The largest absolute Gasteiger partial charge is 0.341 e. The van der Waals surface area contributed by atoms with Crippen LogP contribution in [0.2, 0.25) is 0 Å². The van der Waals surface area contributed by atoms with E-state index in [4.69, 9.17) is 0 Å². The molecule has 8 heteroatoms. The zero-order chi connectivity index (χ0) is 20.1. The van der Waals surface area contributed by atoms with Crippen LogP contribution in [-0.2, 0) is 27.1 Å². The normalized spacial score (nSPS) is 18.2. The third kappa shape index (κ3) is 5.20. The van der Waals surface area contributed by atoms with E-state index in [1.807, 2.05) is 48.4 Å². The minimum Gasteiger partial charge on any atom is -0.341 e. The molecule has 0 spiro atoms. The lowest BCUT2D eigenvalue weighted by molar-refractivity contribution is -0.132. The van der Waals surface area contributed by atoms with E-state index in [2.05, 4.69) is 5.10 Å². The van der Waals surface area contributed by atoms with Gasteiger partial charge >= 0.3 is 0 Å². The van der Waals surface area contributed by atoms with Crippen molar-refractivity contribution in [2.75, 3.05) is 20.1 Å². The number of aromatic nitrogens is 2. The number of sulfonamides is 1. The Kier molecular flexibility index (Phi) is 6.51. The molecule has 152 valence electrons. The van der Waals surface area contributed by atoms with Crippen LogP contribution < -0.4 is 0 Å². The molecule has 3 rings (SSSR count). The van der Waals surface area contributed by atoms with Crippen molar-refractivity contribution in [2.24, 2.45) is 0 Å². The second-order valence-electron chi connectivity index (χ2n) is 7.44. The molecule has 7 nitrogen and oxygen atoms in total. The zero-order valence-electron chi connectivity index (χ0n) is 16.5. The van der Waals surface area contributed by atoms with Gasteiger partial charge in [-0.2, -0.15) is 5.10 Å². The van der Waals surface area contributed by atoms with Crippen LogP contribution in [0.4, 0.5) is 0 Å². The fraction of sp³-hybridized carbons (Fsp3) is 0.500. The first-order valence-corrected chi connectivity index (χ1v) is 11.2. The minimum absolute atomic E-state index is 0.00212. The Morgan fingerprint density at radius 3 is 2.64 bits per heavy atom. The maximum Gasteiger partial charge on any atom is 0.244 e. The molecular weight excluding hydrogens is 376 g/mol. The van der Waals surface area contributed by atoms with Gasteiger partial charge in [0.05, 0.1) is 11.9 Å². The number of amides is 1. The minimum atomic E-state index is -3.40. The Balaban J connectivity index is 1.58. The maximum absolute atomic E-state index is 12.8. The molecule has 0 radical (unpaired) electrons. The number of likely N-dealkylation sites (tertiary alicyclic amines) is 1. The molecule has 1 fully saturated rings. The predicted molar refractivity (Wildman–Crippen MR) is 108 cm³/mol. The lowest BCUT2D eigenvalue weighted by Crippen LogP contribution is -2.39. The van der Waals surface area contributed by atoms with Gasteiger partial charge in [-0.3, -0.25) is 9.48 Å². The van der Waals surface area contributed by atoms with Crippen molar-refractivity contribution in [2.45, 2.75) is 44.5 Å². The second kappa shape index (κ2) is 8.87. The number of carbonyl (C=O) groups excluding carboxylic acids is 1. The fourth-order valence-electron chi connectivity index (χ4n) is 3.60. The standard InChI is InChI=1S/C20H28N4O3S/c1-17-13-21-24(14-17)15-20(25)23-11-6-9-19(10-12-23)22(2)28(26,27)16-18-7-4-3-5-8-18/h3-5,7-8,13-14,19H,6,9-12,15-16H2,1-2H3/t19-/m1/s1. The molecule has 0 unspecified atom stereocenters. The summed E-state index contributed by atoms with van der Waals surface area (Å²) in [6, 6.07) is 9.15. The first kappa shape index (κ1) is 20.5. The van der Waals surface area contributed by atoms with Crippen molar-refractivity contribution in [3.05, 3.63) is 53.9 Å². The Morgan fingerprint density at radius 2 is 1.96 bits per heavy atom. The Hall–Kier alpha value is -2.19. The van der Waals surface area contributed by atoms with Crippen molar-refractivity contribution in [1.82, 2.24) is 19.0 Å². The highest BCUT2D eigenvalue weighted by atomic mass is 32.2. The van der Waals surface area contributed by atoms with Crippen LogP contribution in [0.1, 0.15) is 30.4 Å². The molecule has 28 heavy (non-hydrogen) atoms. The fourth-order valence-corrected chi connectivity index (χ4v) is 5.08. The van der Waals surface area contributed by atoms with Crippen molar-refractivity contribution in [1.29, 1.82) is 0 Å². The number of carbonyl (C=O) groups is 1. The van der Waals surface area contributed by atoms with E-state index in [0.717, 1.165) is 24.0 Å². The molecule has 1 aromatic carbocycles. The number of benzene rings is 1. The maximum atomic E-state index is 12.8. The van der Waals surface area contributed by atoms with E-state index < -0.39 is 10.0 Å². The topological polar surface area (TPSA) is 75.5 Å². The van der Waals surface area contributed by atoms with E-state index >= 15 is 0 Å². The van der Waals surface area contributed by atoms with Gasteiger partial charge in [0.15, 0.2) is 0 Å². The number of hydrogen-bond donors (Lipinski definition) is 0. The molecule has 2 heterocycles. The highest BCUT2D eigenvalue weighted by Gasteiger charge is 2.29. The van der Waals surface area contributed by atoms with Crippen LogP contribution in [0.3, 0.4) is 0 Å². The molecule has 1 aromatic heterocycles. The number of aryl methyl sites for hydroxylation is 1. The van der Waals surface area contributed by atoms with Gasteiger partial charge in [0, 0.05) is 32.4 Å².